The fraction of sp³-hybridized carbons (Fsp3) is 0.0741. The van der Waals surface area contributed by atoms with Crippen LogP contribution in [0, 0.1) is 6.92 Å². The van der Waals surface area contributed by atoms with Crippen molar-refractivity contribution in [2.24, 2.45) is 0 Å². The Kier molecular flexibility index (Phi) is 8.65. The number of carbonyl (C=O) groups is 1. The molecule has 8 nitrogen and oxygen atoms in total. The number of hydrogen-bond donors (Lipinski definition) is 2. The molecule has 4 rings (SSSR count). The second kappa shape index (κ2) is 11.8. The highest BCUT2D eigenvalue weighted by Crippen LogP contribution is 2.30. The topological polar surface area (TPSA) is 113 Å². The maximum Gasteiger partial charge on any atom is 0.264 e. The van der Waals surface area contributed by atoms with Crippen molar-refractivity contribution in [3.63, 3.8) is 0 Å². The molecule has 202 valence electrons. The molecule has 39 heavy (non-hydrogen) atoms. The molecule has 0 aliphatic carbocycles. The number of nitrogens with zero attached hydrogens (tertiary/aromatic N) is 1. The molecular formula is C27H23BrClN3O5S2. The normalized spacial score (nSPS) is 11.6. The van der Waals surface area contributed by atoms with Crippen molar-refractivity contribution in [2.45, 2.75) is 16.7 Å². The van der Waals surface area contributed by atoms with Gasteiger partial charge in [0.05, 0.1) is 20.5 Å². The summed E-state index contributed by atoms with van der Waals surface area (Å²) in [5.74, 6) is -0.644. The van der Waals surface area contributed by atoms with Crippen molar-refractivity contribution < 1.29 is 21.6 Å². The van der Waals surface area contributed by atoms with Gasteiger partial charge in [-0.1, -0.05) is 57.4 Å². The number of nitrogens with one attached hydrogen (secondary N) is 2. The lowest BCUT2D eigenvalue weighted by Crippen LogP contribution is -2.38. The standard InChI is InChI=1S/C27H23BrClN3O5S2/c1-19-6-14-24(15-7-19)39(36,37)32(26-5-3-2-4-25(26)29)18-27(33)30-21-12-16-23(17-13-21)38(34,35)31-22-10-8-20(28)9-11-22/h2-17,31H,18H2,1H3,(H,30,33). The van der Waals surface area contributed by atoms with Gasteiger partial charge in [-0.15, -0.1) is 0 Å². The van der Waals surface area contributed by atoms with E-state index < -0.39 is 32.5 Å². The molecule has 0 aromatic heterocycles. The highest BCUT2D eigenvalue weighted by Gasteiger charge is 2.28. The Morgan fingerprint density at radius 1 is 0.795 bits per heavy atom. The number of anilines is 3. The second-order valence-corrected chi connectivity index (χ2v) is 13.3. The molecule has 0 spiro atoms. The van der Waals surface area contributed by atoms with E-state index >= 15 is 0 Å². The highest BCUT2D eigenvalue weighted by atomic mass is 79.9. The molecular weight excluding hydrogens is 626 g/mol. The van der Waals surface area contributed by atoms with Crippen LogP contribution >= 0.6 is 27.5 Å². The molecule has 4 aromatic rings. The monoisotopic (exact) mass is 647 g/mol. The van der Waals surface area contributed by atoms with E-state index in [4.69, 9.17) is 11.6 Å². The van der Waals surface area contributed by atoms with Crippen LogP contribution < -0.4 is 14.3 Å². The van der Waals surface area contributed by atoms with Gasteiger partial charge in [-0.05, 0) is 79.7 Å². The van der Waals surface area contributed by atoms with E-state index in [9.17, 15) is 21.6 Å². The molecule has 0 atom stereocenters. The minimum atomic E-state index is -4.14. The molecule has 0 saturated heterocycles. The number of sulfonamides is 2. The first-order chi connectivity index (χ1) is 18.5. The van der Waals surface area contributed by atoms with Gasteiger partial charge in [-0.3, -0.25) is 13.8 Å². The zero-order chi connectivity index (χ0) is 28.2. The summed E-state index contributed by atoms with van der Waals surface area (Å²) in [5.41, 5.74) is 1.71. The molecule has 0 saturated carbocycles. The quantitative estimate of drug-likeness (QED) is 0.230. The Balaban J connectivity index is 1.53. The van der Waals surface area contributed by atoms with Gasteiger partial charge in [-0.25, -0.2) is 16.8 Å². The van der Waals surface area contributed by atoms with Crippen molar-refractivity contribution in [1.29, 1.82) is 0 Å². The van der Waals surface area contributed by atoms with Gasteiger partial charge in [0.1, 0.15) is 6.54 Å². The van der Waals surface area contributed by atoms with Gasteiger partial charge < -0.3 is 5.32 Å². The zero-order valence-corrected chi connectivity index (χ0v) is 24.5. The van der Waals surface area contributed by atoms with E-state index in [1.54, 1.807) is 48.5 Å². The first-order valence-electron chi connectivity index (χ1n) is 11.5. The number of hydrogen-bond acceptors (Lipinski definition) is 5. The second-order valence-electron chi connectivity index (χ2n) is 8.46. The highest BCUT2D eigenvalue weighted by molar-refractivity contribution is 9.10. The number of para-hydroxylation sites is 1. The third-order valence-corrected chi connectivity index (χ3v) is 9.58. The average molecular weight is 649 g/mol. The van der Waals surface area contributed by atoms with E-state index in [1.807, 2.05) is 6.92 Å². The lowest BCUT2D eigenvalue weighted by Gasteiger charge is -2.25. The summed E-state index contributed by atoms with van der Waals surface area (Å²) in [7, 11) is -8.01. The van der Waals surface area contributed by atoms with Crippen molar-refractivity contribution in [2.75, 3.05) is 20.9 Å². The number of aryl methyl sites for hydroxylation is 1. The van der Waals surface area contributed by atoms with Gasteiger partial charge >= 0.3 is 0 Å². The molecule has 0 unspecified atom stereocenters. The van der Waals surface area contributed by atoms with Crippen molar-refractivity contribution in [1.82, 2.24) is 0 Å². The molecule has 0 heterocycles. The van der Waals surface area contributed by atoms with E-state index in [-0.39, 0.29) is 26.2 Å². The molecule has 0 fully saturated rings. The summed E-state index contributed by atoms with van der Waals surface area (Å²) in [6, 6.07) is 24.8. The first-order valence-corrected chi connectivity index (χ1v) is 15.6. The largest absolute Gasteiger partial charge is 0.325 e. The van der Waals surface area contributed by atoms with E-state index in [0.29, 0.717) is 5.69 Å². The smallest absolute Gasteiger partial charge is 0.264 e. The Morgan fingerprint density at radius 3 is 1.97 bits per heavy atom. The number of halogens is 2. The summed E-state index contributed by atoms with van der Waals surface area (Å²) < 4.78 is 56.7. The van der Waals surface area contributed by atoms with Gasteiger partial charge in [-0.2, -0.15) is 0 Å². The lowest BCUT2D eigenvalue weighted by atomic mass is 10.2. The van der Waals surface area contributed by atoms with Crippen LogP contribution in [0.3, 0.4) is 0 Å². The number of rotatable bonds is 9. The Bertz CT molecular complexity index is 1700. The minimum absolute atomic E-state index is 0.00801. The summed E-state index contributed by atoms with van der Waals surface area (Å²) in [6.45, 7) is 1.27. The third kappa shape index (κ3) is 6.99. The molecule has 4 aromatic carbocycles. The Morgan fingerprint density at radius 2 is 1.36 bits per heavy atom. The average Bonchev–Trinajstić information content (AvgIpc) is 2.89. The van der Waals surface area contributed by atoms with Crippen molar-refractivity contribution in [3.05, 3.63) is 112 Å². The predicted octanol–water partition coefficient (Wildman–Crippen LogP) is 6.05. The van der Waals surface area contributed by atoms with Crippen LogP contribution in [-0.2, 0) is 24.8 Å². The molecule has 12 heteroatoms. The van der Waals surface area contributed by atoms with Crippen LogP contribution in [0.25, 0.3) is 0 Å². The lowest BCUT2D eigenvalue weighted by molar-refractivity contribution is -0.114. The first kappa shape index (κ1) is 28.6. The summed E-state index contributed by atoms with van der Waals surface area (Å²) in [4.78, 5) is 13.0. The molecule has 0 aliphatic rings. The van der Waals surface area contributed by atoms with E-state index in [0.717, 1.165) is 14.3 Å². The van der Waals surface area contributed by atoms with Crippen LogP contribution in [0.15, 0.2) is 111 Å². The zero-order valence-electron chi connectivity index (χ0n) is 20.5. The Hall–Kier alpha value is -3.38. The van der Waals surface area contributed by atoms with E-state index in [2.05, 4.69) is 26.0 Å². The van der Waals surface area contributed by atoms with Crippen molar-refractivity contribution in [3.8, 4) is 0 Å². The minimum Gasteiger partial charge on any atom is -0.325 e. The molecule has 0 bridgehead atoms. The maximum absolute atomic E-state index is 13.5. The van der Waals surface area contributed by atoms with Gasteiger partial charge in [0, 0.05) is 15.8 Å². The predicted molar refractivity (Wildman–Crippen MR) is 157 cm³/mol. The van der Waals surface area contributed by atoms with Crippen LogP contribution in [0.4, 0.5) is 17.1 Å². The van der Waals surface area contributed by atoms with Gasteiger partial charge in [0.2, 0.25) is 5.91 Å². The summed E-state index contributed by atoms with van der Waals surface area (Å²) in [5, 5.41) is 2.78. The summed E-state index contributed by atoms with van der Waals surface area (Å²) in [6.07, 6.45) is 0. The van der Waals surface area contributed by atoms with Gasteiger partial charge in [0.15, 0.2) is 0 Å². The SMILES string of the molecule is Cc1ccc(S(=O)(=O)N(CC(=O)Nc2ccc(S(=O)(=O)Nc3ccc(Br)cc3)cc2)c2ccccc2Cl)cc1. The molecule has 0 radical (unpaired) electrons. The van der Waals surface area contributed by atoms with Crippen LogP contribution in [-0.4, -0.2) is 29.3 Å². The number of benzene rings is 4. The third-order valence-electron chi connectivity index (χ3n) is 5.56. The molecule has 1 amide bonds. The van der Waals surface area contributed by atoms with Crippen LogP contribution in [0.5, 0.6) is 0 Å². The van der Waals surface area contributed by atoms with Crippen LogP contribution in [0.2, 0.25) is 5.02 Å². The van der Waals surface area contributed by atoms with Crippen molar-refractivity contribution >= 4 is 70.5 Å². The van der Waals surface area contributed by atoms with Gasteiger partial charge in [0.25, 0.3) is 20.0 Å². The molecule has 2 N–H and O–H groups in total. The van der Waals surface area contributed by atoms with Crippen LogP contribution in [0.1, 0.15) is 5.56 Å². The maximum atomic E-state index is 13.5. The summed E-state index contributed by atoms with van der Waals surface area (Å²) >= 11 is 9.60. The fourth-order valence-corrected chi connectivity index (χ4v) is 6.62. The Labute approximate surface area is 240 Å². The molecule has 0 aliphatic heterocycles. The number of carbonyl (C=O) groups excluding carboxylic acids is 1. The fourth-order valence-electron chi connectivity index (χ4n) is 3.57. The number of amides is 1. The van der Waals surface area contributed by atoms with E-state index in [1.165, 1.54) is 48.5 Å².